The molecule has 0 N–H and O–H groups in total. The monoisotopic (exact) mass is 350 g/mol. The molecule has 2 heterocycles. The number of hydrogen-bond donors (Lipinski definition) is 0. The molecule has 1 fully saturated rings. The van der Waals surface area contributed by atoms with Gasteiger partial charge < -0.3 is 9.32 Å². The Labute approximate surface area is 142 Å². The minimum absolute atomic E-state index is 0.185. The van der Waals surface area contributed by atoms with Gasteiger partial charge in [-0.2, -0.15) is 4.31 Å². The molecule has 24 heavy (non-hydrogen) atoms. The number of amides is 1. The molecule has 1 saturated heterocycles. The Morgan fingerprint density at radius 3 is 2.58 bits per heavy atom. The van der Waals surface area contributed by atoms with Gasteiger partial charge in [0, 0.05) is 31.6 Å². The number of rotatable bonds is 3. The molecule has 1 aliphatic heterocycles. The second-order valence-corrected chi connectivity index (χ2v) is 8.78. The maximum Gasteiger partial charge on any atom is 0.289 e. The maximum absolute atomic E-state index is 12.7. The minimum Gasteiger partial charge on any atom is -0.451 e. The number of sulfonamides is 1. The molecule has 0 bridgehead atoms. The van der Waals surface area contributed by atoms with Crippen molar-refractivity contribution in [2.75, 3.05) is 26.2 Å². The van der Waals surface area contributed by atoms with E-state index in [1.807, 2.05) is 24.3 Å². The summed E-state index contributed by atoms with van der Waals surface area (Å²) >= 11 is 0. The van der Waals surface area contributed by atoms with Gasteiger partial charge in [0.25, 0.3) is 5.91 Å². The molecule has 0 spiro atoms. The molecule has 7 heteroatoms. The zero-order valence-electron chi connectivity index (χ0n) is 13.9. The van der Waals surface area contributed by atoms with Gasteiger partial charge in [0.1, 0.15) is 5.58 Å². The topological polar surface area (TPSA) is 70.8 Å². The van der Waals surface area contributed by atoms with E-state index in [2.05, 4.69) is 0 Å². The Morgan fingerprint density at radius 2 is 1.88 bits per heavy atom. The Balaban J connectivity index is 1.75. The lowest BCUT2D eigenvalue weighted by Crippen LogP contribution is -2.40. The summed E-state index contributed by atoms with van der Waals surface area (Å²) in [6, 6.07) is 9.22. The van der Waals surface area contributed by atoms with E-state index >= 15 is 0 Å². The van der Waals surface area contributed by atoms with Gasteiger partial charge in [-0.05, 0) is 32.4 Å². The predicted octanol–water partition coefficient (Wildman–Crippen LogP) is 2.32. The van der Waals surface area contributed by atoms with E-state index in [1.54, 1.807) is 24.8 Å². The summed E-state index contributed by atoms with van der Waals surface area (Å²) < 4.78 is 31.7. The van der Waals surface area contributed by atoms with Crippen molar-refractivity contribution in [3.63, 3.8) is 0 Å². The van der Waals surface area contributed by atoms with E-state index in [4.69, 9.17) is 4.42 Å². The molecule has 130 valence electrons. The Kier molecular flexibility index (Phi) is 4.64. The number of fused-ring (bicyclic) bond motifs is 1. The van der Waals surface area contributed by atoms with Gasteiger partial charge in [-0.3, -0.25) is 4.79 Å². The lowest BCUT2D eigenvalue weighted by Gasteiger charge is -2.23. The first-order valence-corrected chi connectivity index (χ1v) is 9.67. The van der Waals surface area contributed by atoms with Gasteiger partial charge in [-0.25, -0.2) is 8.42 Å². The zero-order chi connectivity index (χ0) is 17.3. The number of nitrogens with zero attached hydrogens (tertiary/aromatic N) is 2. The third-order valence-corrected chi connectivity index (χ3v) is 6.61. The summed E-state index contributed by atoms with van der Waals surface area (Å²) in [6.45, 7) is 5.04. The summed E-state index contributed by atoms with van der Waals surface area (Å²) in [5, 5.41) is 0.440. The summed E-state index contributed by atoms with van der Waals surface area (Å²) in [5.74, 6) is 0.117. The molecule has 1 aromatic heterocycles. The predicted molar refractivity (Wildman–Crippen MR) is 92.4 cm³/mol. The molecule has 0 radical (unpaired) electrons. The van der Waals surface area contributed by atoms with Crippen molar-refractivity contribution in [2.24, 2.45) is 0 Å². The zero-order valence-corrected chi connectivity index (χ0v) is 14.8. The van der Waals surface area contributed by atoms with Crippen molar-refractivity contribution >= 4 is 26.9 Å². The largest absolute Gasteiger partial charge is 0.451 e. The average Bonchev–Trinajstić information content (AvgIpc) is 2.82. The lowest BCUT2D eigenvalue weighted by atomic mass is 10.2. The standard InChI is InChI=1S/C17H22N2O4S/c1-13(2)24(21,22)19-9-5-8-18(10-11-19)17(20)16-12-14-6-3-4-7-15(14)23-16/h3-4,6-7,12-13H,5,8-11H2,1-2H3. The third kappa shape index (κ3) is 3.18. The first kappa shape index (κ1) is 17.0. The van der Waals surface area contributed by atoms with Crippen LogP contribution >= 0.6 is 0 Å². The number of carbonyl (C=O) groups is 1. The summed E-state index contributed by atoms with van der Waals surface area (Å²) in [5.41, 5.74) is 0.680. The number of benzene rings is 1. The van der Waals surface area contributed by atoms with E-state index < -0.39 is 15.3 Å². The minimum atomic E-state index is -3.29. The van der Waals surface area contributed by atoms with Crippen molar-refractivity contribution in [2.45, 2.75) is 25.5 Å². The van der Waals surface area contributed by atoms with Crippen LogP contribution in [-0.4, -0.2) is 55.0 Å². The number of furan rings is 1. The fraction of sp³-hybridized carbons (Fsp3) is 0.471. The van der Waals surface area contributed by atoms with Crippen LogP contribution in [0.1, 0.15) is 30.8 Å². The van der Waals surface area contributed by atoms with Gasteiger partial charge in [0.05, 0.1) is 5.25 Å². The lowest BCUT2D eigenvalue weighted by molar-refractivity contribution is 0.0734. The van der Waals surface area contributed by atoms with Gasteiger partial charge >= 0.3 is 0 Å². The first-order chi connectivity index (χ1) is 11.4. The Morgan fingerprint density at radius 1 is 1.12 bits per heavy atom. The smallest absolute Gasteiger partial charge is 0.289 e. The van der Waals surface area contributed by atoms with Crippen LogP contribution in [0.15, 0.2) is 34.7 Å². The molecule has 0 atom stereocenters. The quantitative estimate of drug-likeness (QED) is 0.852. The van der Waals surface area contributed by atoms with Crippen molar-refractivity contribution in [1.29, 1.82) is 0 Å². The van der Waals surface area contributed by atoms with Crippen molar-refractivity contribution in [3.05, 3.63) is 36.1 Å². The highest BCUT2D eigenvalue weighted by atomic mass is 32.2. The fourth-order valence-electron chi connectivity index (χ4n) is 2.89. The van der Waals surface area contributed by atoms with E-state index in [-0.39, 0.29) is 5.91 Å². The SMILES string of the molecule is CC(C)S(=O)(=O)N1CCCN(C(=O)c2cc3ccccc3o2)CC1. The molecule has 6 nitrogen and oxygen atoms in total. The fourth-order valence-corrected chi connectivity index (χ4v) is 4.21. The molecule has 0 saturated carbocycles. The van der Waals surface area contributed by atoms with Crippen LogP contribution in [0.25, 0.3) is 11.0 Å². The number of para-hydroxylation sites is 1. The van der Waals surface area contributed by atoms with Crippen molar-refractivity contribution in [1.82, 2.24) is 9.21 Å². The highest BCUT2D eigenvalue weighted by Crippen LogP contribution is 2.21. The molecule has 0 unspecified atom stereocenters. The molecule has 2 aromatic rings. The highest BCUT2D eigenvalue weighted by molar-refractivity contribution is 7.89. The van der Waals surface area contributed by atoms with Crippen molar-refractivity contribution < 1.29 is 17.6 Å². The molecule has 1 amide bonds. The highest BCUT2D eigenvalue weighted by Gasteiger charge is 2.30. The summed E-state index contributed by atoms with van der Waals surface area (Å²) in [7, 11) is -3.29. The van der Waals surface area contributed by atoms with Crippen LogP contribution in [-0.2, 0) is 10.0 Å². The summed E-state index contributed by atoms with van der Waals surface area (Å²) in [6.07, 6.45) is 0.623. The Bertz CT molecular complexity index is 808. The maximum atomic E-state index is 12.7. The third-order valence-electron chi connectivity index (χ3n) is 4.33. The van der Waals surface area contributed by atoms with Crippen LogP contribution in [0, 0.1) is 0 Å². The second kappa shape index (κ2) is 6.57. The number of carbonyl (C=O) groups excluding carboxylic acids is 1. The van der Waals surface area contributed by atoms with Gasteiger partial charge in [-0.1, -0.05) is 18.2 Å². The molecule has 3 rings (SSSR count). The average molecular weight is 350 g/mol. The van der Waals surface area contributed by atoms with E-state index in [0.717, 1.165) is 5.39 Å². The molecule has 0 aliphatic carbocycles. The molecular weight excluding hydrogens is 328 g/mol. The molecule has 1 aliphatic rings. The first-order valence-electron chi connectivity index (χ1n) is 8.16. The van der Waals surface area contributed by atoms with Crippen LogP contribution < -0.4 is 0 Å². The van der Waals surface area contributed by atoms with Crippen LogP contribution in [0.3, 0.4) is 0 Å². The summed E-state index contributed by atoms with van der Waals surface area (Å²) in [4.78, 5) is 14.4. The normalized spacial score (nSPS) is 17.4. The van der Waals surface area contributed by atoms with Gasteiger partial charge in [0.15, 0.2) is 5.76 Å². The van der Waals surface area contributed by atoms with E-state index in [9.17, 15) is 13.2 Å². The van der Waals surface area contributed by atoms with Gasteiger partial charge in [0.2, 0.25) is 10.0 Å². The van der Waals surface area contributed by atoms with Crippen LogP contribution in [0.2, 0.25) is 0 Å². The van der Waals surface area contributed by atoms with Crippen LogP contribution in [0.4, 0.5) is 0 Å². The van der Waals surface area contributed by atoms with E-state index in [1.165, 1.54) is 4.31 Å². The Hall–Kier alpha value is -1.86. The van der Waals surface area contributed by atoms with E-state index in [0.29, 0.717) is 43.9 Å². The second-order valence-electron chi connectivity index (χ2n) is 6.29. The number of hydrogen-bond acceptors (Lipinski definition) is 4. The van der Waals surface area contributed by atoms with Crippen LogP contribution in [0.5, 0.6) is 0 Å². The molecule has 1 aromatic carbocycles. The van der Waals surface area contributed by atoms with Gasteiger partial charge in [-0.15, -0.1) is 0 Å². The van der Waals surface area contributed by atoms with Crippen molar-refractivity contribution in [3.8, 4) is 0 Å². The molecular formula is C17H22N2O4S.